The van der Waals surface area contributed by atoms with Gasteiger partial charge < -0.3 is 8.83 Å². The molecule has 5 heterocycles. The Morgan fingerprint density at radius 2 is 0.887 bits per heavy atom. The summed E-state index contributed by atoms with van der Waals surface area (Å²) >= 11 is 1.54. The van der Waals surface area contributed by atoms with Crippen molar-refractivity contribution in [2.24, 2.45) is 0 Å². The second kappa shape index (κ2) is 11.8. The largest absolute Gasteiger partial charge is 0.456 e. The monoisotopic (exact) mass is 701 g/mol. The molecule has 11 rings (SSSR count). The van der Waals surface area contributed by atoms with Crippen molar-refractivity contribution < 1.29 is 8.83 Å². The molecule has 0 spiro atoms. The lowest BCUT2D eigenvalue weighted by Crippen LogP contribution is -2.11. The molecule has 6 aromatic carbocycles. The minimum absolute atomic E-state index is 0.705. The number of hydrogen-bond acceptors (Lipinski definition) is 8. The molecule has 0 unspecified atom stereocenters. The van der Waals surface area contributed by atoms with E-state index in [0.29, 0.717) is 5.82 Å². The molecule has 53 heavy (non-hydrogen) atoms. The summed E-state index contributed by atoms with van der Waals surface area (Å²) in [5, 5.41) is 5.32. The van der Waals surface area contributed by atoms with E-state index in [1.807, 2.05) is 79.0 Å². The highest BCUT2D eigenvalue weighted by Crippen LogP contribution is 2.42. The maximum atomic E-state index is 6.28. The molecule has 8 heteroatoms. The van der Waals surface area contributed by atoms with E-state index in [4.69, 9.17) is 23.8 Å². The van der Waals surface area contributed by atoms with Gasteiger partial charge in [-0.15, -0.1) is 0 Å². The molecular formula is C45H27N5O2S. The molecular weight excluding hydrogens is 675 g/mol. The molecule has 11 aromatic rings. The van der Waals surface area contributed by atoms with E-state index < -0.39 is 0 Å². The number of pyridine rings is 1. The van der Waals surface area contributed by atoms with Gasteiger partial charge in [0.1, 0.15) is 43.3 Å². The predicted molar refractivity (Wildman–Crippen MR) is 217 cm³/mol. The minimum atomic E-state index is 0.705. The Bertz CT molecular complexity index is 2940. The highest BCUT2D eigenvalue weighted by molar-refractivity contribution is 7.25. The summed E-state index contributed by atoms with van der Waals surface area (Å²) in [4.78, 5) is 21.4. The highest BCUT2D eigenvalue weighted by atomic mass is 32.1. The van der Waals surface area contributed by atoms with Crippen molar-refractivity contribution in [3.63, 3.8) is 0 Å². The summed E-state index contributed by atoms with van der Waals surface area (Å²) in [7, 11) is 0. The van der Waals surface area contributed by atoms with Crippen molar-refractivity contribution in [3.8, 4) is 0 Å². The molecule has 0 bridgehead atoms. The van der Waals surface area contributed by atoms with Crippen molar-refractivity contribution in [2.75, 3.05) is 9.80 Å². The Hall–Kier alpha value is -7.03. The second-order valence-corrected chi connectivity index (χ2v) is 13.9. The molecule has 7 nitrogen and oxygen atoms in total. The van der Waals surface area contributed by atoms with Crippen LogP contribution in [-0.2, 0) is 0 Å². The van der Waals surface area contributed by atoms with Crippen molar-refractivity contribution in [1.29, 1.82) is 0 Å². The minimum Gasteiger partial charge on any atom is -0.456 e. The number of benzene rings is 6. The van der Waals surface area contributed by atoms with Gasteiger partial charge >= 0.3 is 0 Å². The molecule has 0 fully saturated rings. The maximum absolute atomic E-state index is 6.28. The Kier molecular flexibility index (Phi) is 6.59. The van der Waals surface area contributed by atoms with Gasteiger partial charge in [0.15, 0.2) is 5.82 Å². The van der Waals surface area contributed by atoms with Crippen LogP contribution in [0.3, 0.4) is 0 Å². The number of anilines is 6. The van der Waals surface area contributed by atoms with Gasteiger partial charge in [0.05, 0.1) is 17.6 Å². The second-order valence-electron chi connectivity index (χ2n) is 12.9. The molecule has 0 saturated carbocycles. The van der Waals surface area contributed by atoms with E-state index in [1.54, 1.807) is 11.3 Å². The van der Waals surface area contributed by atoms with E-state index in [9.17, 15) is 0 Å². The number of rotatable bonds is 6. The van der Waals surface area contributed by atoms with Gasteiger partial charge in [-0.05, 0) is 72.8 Å². The smallest absolute Gasteiger partial charge is 0.157 e. The third-order valence-corrected chi connectivity index (χ3v) is 10.7. The first-order valence-electron chi connectivity index (χ1n) is 17.3. The Morgan fingerprint density at radius 3 is 1.49 bits per heavy atom. The average molecular weight is 702 g/mol. The number of aromatic nitrogens is 3. The zero-order chi connectivity index (χ0) is 34.9. The first kappa shape index (κ1) is 29.7. The summed E-state index contributed by atoms with van der Waals surface area (Å²) in [6, 6.07) is 53.6. The number of hydrogen-bond donors (Lipinski definition) is 0. The van der Waals surface area contributed by atoms with E-state index in [0.717, 1.165) is 93.0 Å². The maximum Gasteiger partial charge on any atom is 0.157 e. The van der Waals surface area contributed by atoms with Crippen LogP contribution in [-0.4, -0.2) is 15.0 Å². The topological polar surface area (TPSA) is 71.4 Å². The number of fused-ring (bicyclic) bond motifs is 9. The fourth-order valence-electron chi connectivity index (χ4n) is 7.32. The van der Waals surface area contributed by atoms with Gasteiger partial charge in [0.2, 0.25) is 0 Å². The lowest BCUT2D eigenvalue weighted by molar-refractivity contribution is 0.668. The van der Waals surface area contributed by atoms with Gasteiger partial charge in [-0.1, -0.05) is 84.1 Å². The third-order valence-electron chi connectivity index (χ3n) is 9.75. The molecule has 0 N–H and O–H groups in total. The SMILES string of the molecule is c1ccc(N(c2ccc3c(c2)oc2ccccc23)c2ccc3c(n2)sc2nc(N(c4ccccc4)c4ccc5c(c4)oc4ccccc45)cnc23)cc1. The van der Waals surface area contributed by atoms with Crippen molar-refractivity contribution in [1.82, 2.24) is 15.0 Å². The Labute approximate surface area is 306 Å². The average Bonchev–Trinajstić information content (AvgIpc) is 3.89. The van der Waals surface area contributed by atoms with E-state index in [2.05, 4.69) is 94.7 Å². The van der Waals surface area contributed by atoms with Gasteiger partial charge in [0.25, 0.3) is 0 Å². The van der Waals surface area contributed by atoms with Crippen molar-refractivity contribution in [2.45, 2.75) is 0 Å². The summed E-state index contributed by atoms with van der Waals surface area (Å²) in [5.41, 5.74) is 8.06. The Morgan fingerprint density at radius 1 is 0.396 bits per heavy atom. The van der Waals surface area contributed by atoms with Crippen LogP contribution in [0.2, 0.25) is 0 Å². The van der Waals surface area contributed by atoms with E-state index >= 15 is 0 Å². The summed E-state index contributed by atoms with van der Waals surface area (Å²) in [6.45, 7) is 0. The van der Waals surface area contributed by atoms with Crippen LogP contribution in [0.4, 0.5) is 34.4 Å². The predicted octanol–water partition coefficient (Wildman–Crippen LogP) is 13.0. The lowest BCUT2D eigenvalue weighted by atomic mass is 10.1. The fourth-order valence-corrected chi connectivity index (χ4v) is 8.32. The van der Waals surface area contributed by atoms with Crippen LogP contribution in [0.15, 0.2) is 173 Å². The molecule has 0 radical (unpaired) electrons. The van der Waals surface area contributed by atoms with Crippen LogP contribution in [0.25, 0.3) is 64.4 Å². The van der Waals surface area contributed by atoms with Gasteiger partial charge in [-0.25, -0.2) is 15.0 Å². The normalized spacial score (nSPS) is 11.8. The number of thiophene rings is 1. The van der Waals surface area contributed by atoms with Gasteiger partial charge in [0, 0.05) is 50.4 Å². The van der Waals surface area contributed by atoms with Crippen LogP contribution in [0.5, 0.6) is 0 Å². The molecule has 5 aromatic heterocycles. The van der Waals surface area contributed by atoms with Crippen molar-refractivity contribution >= 4 is 110 Å². The van der Waals surface area contributed by atoms with Crippen LogP contribution >= 0.6 is 11.3 Å². The standard InChI is InChI=1S/C45H27N5O2S/c1-3-11-28(12-4-1)49(30-19-21-34-32-15-7-9-17-37(32)51-39(34)25-30)41-24-23-36-43-45(53-44(36)47-41)48-42(27-46-43)50(29-13-5-2-6-14-29)31-20-22-35-33-16-8-10-18-38(33)52-40(35)26-31/h1-27H. The molecule has 0 aliphatic carbocycles. The first-order valence-corrected chi connectivity index (χ1v) is 18.2. The Balaban J connectivity index is 1.03. The molecule has 0 amide bonds. The zero-order valence-corrected chi connectivity index (χ0v) is 28.9. The molecule has 0 atom stereocenters. The molecule has 0 aliphatic rings. The van der Waals surface area contributed by atoms with Crippen LogP contribution in [0.1, 0.15) is 0 Å². The van der Waals surface area contributed by atoms with E-state index in [-0.39, 0.29) is 0 Å². The van der Waals surface area contributed by atoms with E-state index in [1.165, 1.54) is 0 Å². The highest BCUT2D eigenvalue weighted by Gasteiger charge is 2.21. The number of nitrogens with zero attached hydrogens (tertiary/aromatic N) is 5. The van der Waals surface area contributed by atoms with Crippen molar-refractivity contribution in [3.05, 3.63) is 164 Å². The summed E-state index contributed by atoms with van der Waals surface area (Å²) in [5.74, 6) is 1.49. The van der Waals surface area contributed by atoms with Crippen LogP contribution in [0, 0.1) is 0 Å². The summed E-state index contributed by atoms with van der Waals surface area (Å²) < 4.78 is 12.6. The number of furan rings is 2. The fraction of sp³-hybridized carbons (Fsp3) is 0. The first-order chi connectivity index (χ1) is 26.2. The molecule has 0 saturated heterocycles. The summed E-state index contributed by atoms with van der Waals surface area (Å²) in [6.07, 6.45) is 1.84. The zero-order valence-electron chi connectivity index (χ0n) is 28.0. The molecule has 0 aliphatic heterocycles. The number of para-hydroxylation sites is 4. The quantitative estimate of drug-likeness (QED) is 0.171. The lowest BCUT2D eigenvalue weighted by Gasteiger charge is -2.24. The molecule has 250 valence electrons. The van der Waals surface area contributed by atoms with Crippen LogP contribution < -0.4 is 9.80 Å². The van der Waals surface area contributed by atoms with Gasteiger partial charge in [-0.3, -0.25) is 9.80 Å². The van der Waals surface area contributed by atoms with Gasteiger partial charge in [-0.2, -0.15) is 0 Å². The third kappa shape index (κ3) is 4.84.